The van der Waals surface area contributed by atoms with Gasteiger partial charge in [-0.25, -0.2) is 12.7 Å². The van der Waals surface area contributed by atoms with Gasteiger partial charge in [0, 0.05) is 48.2 Å². The molecule has 4 heterocycles. The topological polar surface area (TPSA) is 77.8 Å². The molecule has 0 spiro atoms. The first kappa shape index (κ1) is 42.9. The van der Waals surface area contributed by atoms with Crippen molar-refractivity contribution < 1.29 is 13.2 Å². The van der Waals surface area contributed by atoms with Crippen LogP contribution in [0.5, 0.6) is 5.75 Å². The molecule has 4 aliphatic rings. The highest BCUT2D eigenvalue weighted by atomic mass is 32.2. The smallest absolute Gasteiger partial charge is 0.258 e. The molecule has 0 aromatic heterocycles. The van der Waals surface area contributed by atoms with Crippen LogP contribution in [0.4, 0.5) is 0 Å². The van der Waals surface area contributed by atoms with E-state index in [1.807, 2.05) is 49.9 Å². The normalized spacial score (nSPS) is 23.9. The Labute approximate surface area is 324 Å². The molecule has 1 aromatic rings. The summed E-state index contributed by atoms with van der Waals surface area (Å²) in [6, 6.07) is 8.06. The Morgan fingerprint density at radius 2 is 1.26 bits per heavy atom. The van der Waals surface area contributed by atoms with E-state index in [2.05, 4.69) is 115 Å². The minimum absolute atomic E-state index is 0.0367. The van der Waals surface area contributed by atoms with E-state index in [1.54, 1.807) is 22.7 Å². The van der Waals surface area contributed by atoms with Crippen molar-refractivity contribution in [2.24, 2.45) is 48.4 Å². The van der Waals surface area contributed by atoms with E-state index in [1.165, 1.54) is 12.3 Å². The third-order valence-corrected chi connectivity index (χ3v) is 12.2. The van der Waals surface area contributed by atoms with Crippen molar-refractivity contribution in [3.8, 4) is 5.75 Å². The lowest BCUT2D eigenvalue weighted by atomic mass is 9.66. The van der Waals surface area contributed by atoms with Crippen LogP contribution in [0.2, 0.25) is 0 Å². The molecule has 5 rings (SSSR count). The summed E-state index contributed by atoms with van der Waals surface area (Å²) in [7, 11) is -1.98. The van der Waals surface area contributed by atoms with Gasteiger partial charge in [-0.3, -0.25) is 9.98 Å². The van der Waals surface area contributed by atoms with Gasteiger partial charge in [-0.2, -0.15) is 0 Å². The van der Waals surface area contributed by atoms with E-state index in [0.29, 0.717) is 18.4 Å². The Balaban J connectivity index is 0.000000267. The van der Waals surface area contributed by atoms with Gasteiger partial charge in [-0.05, 0) is 44.9 Å². The first-order valence-electron chi connectivity index (χ1n) is 19.6. The maximum Gasteiger partial charge on any atom is 0.258 e. The Morgan fingerprint density at radius 3 is 1.66 bits per heavy atom. The first-order valence-corrected chi connectivity index (χ1v) is 21.2. The van der Waals surface area contributed by atoms with Crippen molar-refractivity contribution in [2.75, 3.05) is 19.5 Å². The minimum Gasteiger partial charge on any atom is -0.497 e. The molecule has 0 aliphatic carbocycles. The van der Waals surface area contributed by atoms with Crippen molar-refractivity contribution in [1.29, 1.82) is 0 Å². The average molecular weight is 752 g/mol. The summed E-state index contributed by atoms with van der Waals surface area (Å²) >= 11 is 0. The molecule has 3 atom stereocenters. The summed E-state index contributed by atoms with van der Waals surface area (Å²) < 4.78 is 34.3. The second-order valence-electron chi connectivity index (χ2n) is 22.0. The molecule has 0 saturated carbocycles. The van der Waals surface area contributed by atoms with E-state index < -0.39 is 15.4 Å². The number of hydrogen-bond donors (Lipinski definition) is 0. The summed E-state index contributed by atoms with van der Waals surface area (Å²) in [5, 5.41) is 0. The molecule has 1 fully saturated rings. The maximum atomic E-state index is 13.7. The molecule has 3 unspecified atom stereocenters. The van der Waals surface area contributed by atoms with Gasteiger partial charge in [0.2, 0.25) is 0 Å². The molecule has 1 aromatic carbocycles. The van der Waals surface area contributed by atoms with Gasteiger partial charge in [0.15, 0.2) is 0 Å². The van der Waals surface area contributed by atoms with Gasteiger partial charge in [-0.15, -0.1) is 0 Å². The molecule has 1 saturated heterocycles. The van der Waals surface area contributed by atoms with E-state index in [4.69, 9.17) is 14.7 Å². The van der Waals surface area contributed by atoms with Gasteiger partial charge in [0.25, 0.3) is 10.0 Å². The van der Waals surface area contributed by atoms with Gasteiger partial charge < -0.3 is 14.5 Å². The summed E-state index contributed by atoms with van der Waals surface area (Å²) in [4.78, 5) is 14.8. The molecular weight excluding hydrogens is 679 g/mol. The van der Waals surface area contributed by atoms with Crippen LogP contribution < -0.4 is 4.74 Å². The first-order chi connectivity index (χ1) is 23.8. The standard InChI is InChI=1S/C26H41N3O3S.C18H32N2/c1-24(2,3)21-20-16-28(15-18-11-13-19(32-10)14-12-18)17-33(30,31)29(20)23(26(7,8)9)27-22(21)25(4,5)6;1-16(2,3)13-12-10-11-20(12)15(18(7,8)9)19-14(13)17(4,5)6/h11-14,16,21-22H,15,17H2,1-10H3;14H,10-11H2,1-9H3. The SMILES string of the molecule is CC(C)(C)C1=NC(C(C)(C)C)C(C(C)(C)C)=C2CCN12.COc1ccc(CN2C=C3C(C(C)(C)C)C(C(C)(C)C)N=C(C(C)(C)C)N3S(=O)(=O)C2)cc1. The molecule has 298 valence electrons. The van der Waals surface area contributed by atoms with Crippen molar-refractivity contribution in [3.63, 3.8) is 0 Å². The summed E-state index contributed by atoms with van der Waals surface area (Å²) in [6.07, 6.45) is 3.29. The van der Waals surface area contributed by atoms with E-state index in [-0.39, 0.29) is 44.9 Å². The van der Waals surface area contributed by atoms with E-state index in [9.17, 15) is 8.42 Å². The van der Waals surface area contributed by atoms with Gasteiger partial charge in [0.05, 0.1) is 24.9 Å². The number of benzene rings is 1. The number of amidine groups is 2. The lowest BCUT2D eigenvalue weighted by Gasteiger charge is -2.52. The Kier molecular flexibility index (Phi) is 11.4. The second kappa shape index (κ2) is 14.0. The average Bonchev–Trinajstić information content (AvgIpc) is 2.93. The van der Waals surface area contributed by atoms with Gasteiger partial charge >= 0.3 is 0 Å². The molecule has 53 heavy (non-hydrogen) atoms. The molecule has 0 N–H and O–H groups in total. The highest BCUT2D eigenvalue weighted by Crippen LogP contribution is 2.50. The summed E-state index contributed by atoms with van der Waals surface area (Å²) in [5.74, 6) is 2.59. The van der Waals surface area contributed by atoms with Crippen LogP contribution in [0.15, 0.2) is 57.4 Å². The highest BCUT2D eigenvalue weighted by Gasteiger charge is 2.53. The summed E-state index contributed by atoms with van der Waals surface area (Å²) in [6.45, 7) is 41.7. The third kappa shape index (κ3) is 9.19. The van der Waals surface area contributed by atoms with E-state index in [0.717, 1.165) is 23.6 Å². The number of fused-ring (bicyclic) bond motifs is 2. The minimum atomic E-state index is -3.62. The van der Waals surface area contributed by atoms with Crippen LogP contribution in [-0.4, -0.2) is 65.8 Å². The van der Waals surface area contributed by atoms with Gasteiger partial charge in [-0.1, -0.05) is 137 Å². The third-order valence-electron chi connectivity index (χ3n) is 10.6. The zero-order valence-electron chi connectivity index (χ0n) is 36.8. The molecule has 8 nitrogen and oxygen atoms in total. The van der Waals surface area contributed by atoms with Crippen molar-refractivity contribution in [1.82, 2.24) is 14.1 Å². The molecule has 4 aliphatic heterocycles. The zero-order chi connectivity index (χ0) is 40.5. The molecule has 9 heteroatoms. The van der Waals surface area contributed by atoms with Crippen LogP contribution in [0, 0.1) is 38.4 Å². The lowest BCUT2D eigenvalue weighted by molar-refractivity contribution is 0.131. The summed E-state index contributed by atoms with van der Waals surface area (Å²) in [5.41, 5.74) is 4.78. The van der Waals surface area contributed by atoms with Crippen molar-refractivity contribution in [2.45, 2.75) is 150 Å². The van der Waals surface area contributed by atoms with Crippen LogP contribution in [0.25, 0.3) is 0 Å². The predicted molar refractivity (Wildman–Crippen MR) is 223 cm³/mol. The number of aliphatic imine (C=N–C) groups is 2. The molecule has 0 bridgehead atoms. The van der Waals surface area contributed by atoms with Crippen molar-refractivity contribution in [3.05, 3.63) is 53.0 Å². The maximum absolute atomic E-state index is 13.7. The fourth-order valence-corrected chi connectivity index (χ4v) is 9.85. The molecule has 0 amide bonds. The van der Waals surface area contributed by atoms with Crippen LogP contribution >= 0.6 is 0 Å². The van der Waals surface area contributed by atoms with Gasteiger partial charge in [0.1, 0.15) is 23.3 Å². The fourth-order valence-electron chi connectivity index (χ4n) is 8.08. The van der Waals surface area contributed by atoms with Crippen LogP contribution in [0.3, 0.4) is 0 Å². The Morgan fingerprint density at radius 1 is 0.717 bits per heavy atom. The number of ether oxygens (including phenoxy) is 1. The van der Waals surface area contributed by atoms with Crippen LogP contribution in [-0.2, 0) is 16.6 Å². The quantitative estimate of drug-likeness (QED) is 0.307. The second-order valence-corrected chi connectivity index (χ2v) is 23.8. The number of hydrogen-bond acceptors (Lipinski definition) is 7. The highest BCUT2D eigenvalue weighted by molar-refractivity contribution is 7.89. The van der Waals surface area contributed by atoms with Crippen molar-refractivity contribution >= 4 is 21.7 Å². The fraction of sp³-hybridized carbons (Fsp3) is 0.727. The number of sulfonamides is 1. The lowest BCUT2D eigenvalue weighted by Crippen LogP contribution is -2.58. The molecular formula is C44H73N5O3S. The number of nitrogens with zero attached hydrogens (tertiary/aromatic N) is 5. The van der Waals surface area contributed by atoms with Crippen LogP contribution in [0.1, 0.15) is 137 Å². The number of rotatable bonds is 3. The zero-order valence-corrected chi connectivity index (χ0v) is 37.6. The predicted octanol–water partition coefficient (Wildman–Crippen LogP) is 10.3. The Bertz CT molecular complexity index is 1740. The molecule has 0 radical (unpaired) electrons. The van der Waals surface area contributed by atoms with E-state index >= 15 is 0 Å². The Hall–Kier alpha value is -2.81. The monoisotopic (exact) mass is 752 g/mol. The number of methoxy groups -OCH3 is 1. The largest absolute Gasteiger partial charge is 0.497 e.